The summed E-state index contributed by atoms with van der Waals surface area (Å²) >= 11 is 0. The molecule has 2 nitrogen and oxygen atoms in total. The van der Waals surface area contributed by atoms with Gasteiger partial charge in [-0.15, -0.1) is 0 Å². The van der Waals surface area contributed by atoms with Gasteiger partial charge in [0.05, 0.1) is 11.0 Å². The molecule has 0 amide bonds. The molecule has 47 heavy (non-hydrogen) atoms. The third-order valence-electron chi connectivity index (χ3n) is 9.35. The molecule has 0 spiro atoms. The number of allylic oxidation sites excluding steroid dienone is 11. The normalized spacial score (nSPS) is 15.9. The number of hydrogen-bond donors (Lipinski definition) is 0. The van der Waals surface area contributed by atoms with Gasteiger partial charge >= 0.3 is 0 Å². The highest BCUT2D eigenvalue weighted by molar-refractivity contribution is 6.10. The lowest BCUT2D eigenvalue weighted by molar-refractivity contribution is 0.419. The van der Waals surface area contributed by atoms with E-state index in [9.17, 15) is 0 Å². The van der Waals surface area contributed by atoms with Gasteiger partial charge in [0.1, 0.15) is 0 Å². The minimum atomic E-state index is 0.678. The predicted molar refractivity (Wildman–Crippen MR) is 207 cm³/mol. The molecule has 3 aromatic carbocycles. The SMILES string of the molecule is C=C/C=C\C(=C)C(=C)C(=C/CC)/C(=C\C)N(C)Cc1cccc(-n2c3ccccc3c3cc(C4=C(C)CC(C)CC=C4)c(C)cc32)c1. The Morgan fingerprint density at radius 1 is 1.00 bits per heavy atom. The van der Waals surface area contributed by atoms with Gasteiger partial charge < -0.3 is 9.47 Å². The standard InChI is InChI=1S/C45H50N2/c1-10-13-20-32(5)35(8)39(18-11-2)43(12-3)46(9)30-36-21-17-22-37(28-36)47-44-25-15-14-23-40(44)42-29-41(34(7)27-45(42)47)38-24-16-19-31(4)26-33(38)6/h10,12-18,20-25,27-29,31H,1,5,8,11,19,26,30H2,2-4,6-7,9H3/b20-13-,39-18-,43-12+. The molecule has 4 aromatic rings. The van der Waals surface area contributed by atoms with Crippen molar-refractivity contribution in [2.75, 3.05) is 7.05 Å². The Balaban J connectivity index is 1.55. The Kier molecular flexibility index (Phi) is 10.5. The van der Waals surface area contributed by atoms with Crippen LogP contribution in [0.3, 0.4) is 0 Å². The molecule has 0 saturated heterocycles. The van der Waals surface area contributed by atoms with Gasteiger partial charge in [0, 0.05) is 41.3 Å². The summed E-state index contributed by atoms with van der Waals surface area (Å²) in [5.41, 5.74) is 14.5. The van der Waals surface area contributed by atoms with Crippen molar-refractivity contribution in [2.45, 2.75) is 60.4 Å². The van der Waals surface area contributed by atoms with Crippen LogP contribution in [0.15, 0.2) is 151 Å². The van der Waals surface area contributed by atoms with Crippen molar-refractivity contribution in [1.82, 2.24) is 9.47 Å². The Labute approximate surface area is 282 Å². The van der Waals surface area contributed by atoms with Crippen molar-refractivity contribution in [3.63, 3.8) is 0 Å². The van der Waals surface area contributed by atoms with E-state index in [0.717, 1.165) is 48.2 Å². The van der Waals surface area contributed by atoms with Crippen LogP contribution in [0.5, 0.6) is 0 Å². The van der Waals surface area contributed by atoms with E-state index in [-0.39, 0.29) is 0 Å². The molecular formula is C45H50N2. The monoisotopic (exact) mass is 618 g/mol. The van der Waals surface area contributed by atoms with Crippen molar-refractivity contribution in [3.05, 3.63) is 168 Å². The lowest BCUT2D eigenvalue weighted by atomic mass is 9.92. The Bertz CT molecular complexity index is 2000. The number of aromatic nitrogens is 1. The summed E-state index contributed by atoms with van der Waals surface area (Å²) in [6, 6.07) is 22.6. The van der Waals surface area contributed by atoms with Crippen LogP contribution < -0.4 is 0 Å². The molecule has 0 fully saturated rings. The van der Waals surface area contributed by atoms with E-state index >= 15 is 0 Å². The van der Waals surface area contributed by atoms with Crippen LogP contribution in [0.4, 0.5) is 0 Å². The van der Waals surface area contributed by atoms with E-state index in [0.29, 0.717) is 5.92 Å². The number of fused-ring (bicyclic) bond motifs is 3. The van der Waals surface area contributed by atoms with Crippen molar-refractivity contribution in [3.8, 4) is 5.69 Å². The number of benzene rings is 3. The second kappa shape index (κ2) is 14.7. The zero-order chi connectivity index (χ0) is 33.7. The fourth-order valence-corrected chi connectivity index (χ4v) is 7.06. The molecule has 1 aliphatic carbocycles. The number of hydrogen-bond acceptors (Lipinski definition) is 1. The highest BCUT2D eigenvalue weighted by atomic mass is 15.1. The Morgan fingerprint density at radius 2 is 1.79 bits per heavy atom. The maximum atomic E-state index is 4.41. The Hall–Kier alpha value is -4.82. The van der Waals surface area contributed by atoms with Crippen LogP contribution in [0.2, 0.25) is 0 Å². The van der Waals surface area contributed by atoms with Crippen LogP contribution in [-0.2, 0) is 6.54 Å². The molecule has 1 aromatic heterocycles. The van der Waals surface area contributed by atoms with E-state index in [1.165, 1.54) is 55.3 Å². The second-order valence-electron chi connectivity index (χ2n) is 13.0. The van der Waals surface area contributed by atoms with E-state index in [2.05, 4.69) is 156 Å². The number of aryl methyl sites for hydroxylation is 1. The minimum absolute atomic E-state index is 0.678. The molecule has 1 unspecified atom stereocenters. The van der Waals surface area contributed by atoms with Crippen LogP contribution in [-0.4, -0.2) is 16.5 Å². The summed E-state index contributed by atoms with van der Waals surface area (Å²) in [6.45, 7) is 24.4. The average molecular weight is 619 g/mol. The largest absolute Gasteiger partial charge is 0.370 e. The van der Waals surface area contributed by atoms with Gasteiger partial charge in [-0.3, -0.25) is 0 Å². The first-order valence-corrected chi connectivity index (χ1v) is 16.9. The molecule has 240 valence electrons. The maximum Gasteiger partial charge on any atom is 0.0544 e. The molecule has 1 aliphatic rings. The van der Waals surface area contributed by atoms with Crippen LogP contribution in [0.1, 0.15) is 63.6 Å². The second-order valence-corrected chi connectivity index (χ2v) is 13.0. The summed E-state index contributed by atoms with van der Waals surface area (Å²) in [6.07, 6.45) is 18.0. The summed E-state index contributed by atoms with van der Waals surface area (Å²) < 4.78 is 2.44. The van der Waals surface area contributed by atoms with Gasteiger partial charge in [0.2, 0.25) is 0 Å². The summed E-state index contributed by atoms with van der Waals surface area (Å²) in [4.78, 5) is 2.32. The van der Waals surface area contributed by atoms with Crippen LogP contribution >= 0.6 is 0 Å². The third kappa shape index (κ3) is 6.98. The van der Waals surface area contributed by atoms with Gasteiger partial charge in [0.15, 0.2) is 0 Å². The molecule has 5 rings (SSSR count). The predicted octanol–water partition coefficient (Wildman–Crippen LogP) is 12.4. The number of para-hydroxylation sites is 1. The fourth-order valence-electron chi connectivity index (χ4n) is 7.06. The average Bonchev–Trinajstić information content (AvgIpc) is 3.27. The molecule has 0 aliphatic heterocycles. The molecule has 0 radical (unpaired) electrons. The smallest absolute Gasteiger partial charge is 0.0544 e. The molecule has 0 bridgehead atoms. The quantitative estimate of drug-likeness (QED) is 0.152. The number of rotatable bonds is 11. The van der Waals surface area contributed by atoms with Crippen molar-refractivity contribution in [2.24, 2.45) is 5.92 Å². The van der Waals surface area contributed by atoms with E-state index in [1.807, 2.05) is 12.2 Å². The topological polar surface area (TPSA) is 8.17 Å². The molecular weight excluding hydrogens is 569 g/mol. The molecule has 2 heteroatoms. The first kappa shape index (κ1) is 33.5. The van der Waals surface area contributed by atoms with E-state index in [1.54, 1.807) is 6.08 Å². The first-order chi connectivity index (χ1) is 22.7. The zero-order valence-corrected chi connectivity index (χ0v) is 29.2. The van der Waals surface area contributed by atoms with E-state index < -0.39 is 0 Å². The molecule has 0 N–H and O–H groups in total. The maximum absolute atomic E-state index is 4.41. The van der Waals surface area contributed by atoms with Gasteiger partial charge in [-0.25, -0.2) is 0 Å². The van der Waals surface area contributed by atoms with Gasteiger partial charge in [-0.2, -0.15) is 0 Å². The molecule has 1 atom stereocenters. The number of nitrogens with zero attached hydrogens (tertiary/aromatic N) is 2. The summed E-state index contributed by atoms with van der Waals surface area (Å²) in [5.74, 6) is 0.678. The highest BCUT2D eigenvalue weighted by Crippen LogP contribution is 2.38. The zero-order valence-electron chi connectivity index (χ0n) is 29.2. The van der Waals surface area contributed by atoms with Gasteiger partial charge in [-0.05, 0) is 110 Å². The summed E-state index contributed by atoms with van der Waals surface area (Å²) in [7, 11) is 2.16. The fraction of sp³-hybridized carbons (Fsp3) is 0.244. The lowest BCUT2D eigenvalue weighted by Gasteiger charge is -2.26. The van der Waals surface area contributed by atoms with Gasteiger partial charge in [0.25, 0.3) is 0 Å². The molecule has 0 saturated carbocycles. The minimum Gasteiger partial charge on any atom is -0.370 e. The van der Waals surface area contributed by atoms with E-state index in [4.69, 9.17) is 0 Å². The number of likely N-dealkylation sites (N-methyl/N-ethyl adjacent to an activating group) is 1. The van der Waals surface area contributed by atoms with Crippen molar-refractivity contribution >= 4 is 27.4 Å². The first-order valence-electron chi connectivity index (χ1n) is 16.9. The summed E-state index contributed by atoms with van der Waals surface area (Å²) in [5, 5.41) is 2.58. The molecule has 1 heterocycles. The van der Waals surface area contributed by atoms with Crippen LogP contribution in [0, 0.1) is 12.8 Å². The Morgan fingerprint density at radius 3 is 2.53 bits per heavy atom. The van der Waals surface area contributed by atoms with Crippen molar-refractivity contribution < 1.29 is 0 Å². The van der Waals surface area contributed by atoms with Crippen molar-refractivity contribution in [1.29, 1.82) is 0 Å². The van der Waals surface area contributed by atoms with Crippen LogP contribution in [0.25, 0.3) is 33.1 Å². The lowest BCUT2D eigenvalue weighted by Crippen LogP contribution is -2.19. The third-order valence-corrected chi connectivity index (χ3v) is 9.35. The van der Waals surface area contributed by atoms with Gasteiger partial charge in [-0.1, -0.05) is 112 Å². The highest BCUT2D eigenvalue weighted by Gasteiger charge is 2.19.